The molecule has 1 aromatic heterocycles. The average molecular weight is 327 g/mol. The summed E-state index contributed by atoms with van der Waals surface area (Å²) in [5.74, 6) is -0.717. The quantitative estimate of drug-likeness (QED) is 0.692. The molecule has 0 aliphatic carbocycles. The minimum atomic E-state index is -0.953. The fourth-order valence-electron chi connectivity index (χ4n) is 2.18. The van der Waals surface area contributed by atoms with Gasteiger partial charge < -0.3 is 15.7 Å². The van der Waals surface area contributed by atoms with Crippen molar-refractivity contribution in [1.82, 2.24) is 10.3 Å². The fraction of sp³-hybridized carbons (Fsp3) is 0.278. The summed E-state index contributed by atoms with van der Waals surface area (Å²) < 4.78 is 0. The summed E-state index contributed by atoms with van der Waals surface area (Å²) >= 11 is 0. The van der Waals surface area contributed by atoms with E-state index in [0.717, 1.165) is 12.0 Å². The third kappa shape index (κ3) is 5.08. The molecule has 0 saturated carbocycles. The van der Waals surface area contributed by atoms with Crippen LogP contribution in [0.4, 0.5) is 5.82 Å². The van der Waals surface area contributed by atoms with Crippen molar-refractivity contribution in [3.8, 4) is 0 Å². The summed E-state index contributed by atoms with van der Waals surface area (Å²) in [7, 11) is 0. The van der Waals surface area contributed by atoms with Crippen LogP contribution in [0.3, 0.4) is 0 Å². The number of carbonyl (C=O) groups excluding carboxylic acids is 1. The molecule has 0 unspecified atom stereocenters. The smallest absolute Gasteiger partial charge is 0.326 e. The Bertz CT molecular complexity index is 672. The number of carbonyl (C=O) groups is 2. The first kappa shape index (κ1) is 17.5. The zero-order valence-corrected chi connectivity index (χ0v) is 13.5. The first-order valence-electron chi connectivity index (χ1n) is 7.87. The van der Waals surface area contributed by atoms with Gasteiger partial charge in [0.25, 0.3) is 5.91 Å². The van der Waals surface area contributed by atoms with E-state index in [1.165, 1.54) is 6.20 Å². The van der Waals surface area contributed by atoms with Crippen LogP contribution < -0.4 is 10.6 Å². The molecule has 0 bridgehead atoms. The Morgan fingerprint density at radius 2 is 1.92 bits per heavy atom. The van der Waals surface area contributed by atoms with Crippen molar-refractivity contribution in [2.75, 3.05) is 11.9 Å². The molecule has 1 aromatic carbocycles. The molecule has 24 heavy (non-hydrogen) atoms. The van der Waals surface area contributed by atoms with Crippen LogP contribution in [-0.2, 0) is 11.2 Å². The highest BCUT2D eigenvalue weighted by molar-refractivity contribution is 5.94. The Balaban J connectivity index is 2.02. The topological polar surface area (TPSA) is 91.3 Å². The van der Waals surface area contributed by atoms with Crippen molar-refractivity contribution >= 4 is 17.7 Å². The van der Waals surface area contributed by atoms with Crippen molar-refractivity contribution in [2.45, 2.75) is 25.8 Å². The zero-order valence-electron chi connectivity index (χ0n) is 13.5. The van der Waals surface area contributed by atoms with Crippen LogP contribution in [0.15, 0.2) is 48.7 Å². The van der Waals surface area contributed by atoms with E-state index in [9.17, 15) is 14.7 Å². The second kappa shape index (κ2) is 8.67. The number of aliphatic carboxylic acids is 1. The third-order valence-corrected chi connectivity index (χ3v) is 3.46. The lowest BCUT2D eigenvalue weighted by Crippen LogP contribution is -2.32. The third-order valence-electron chi connectivity index (χ3n) is 3.46. The maximum Gasteiger partial charge on any atom is 0.326 e. The molecular formula is C18H21N3O3. The van der Waals surface area contributed by atoms with Crippen LogP contribution in [-0.4, -0.2) is 34.6 Å². The number of rotatable bonds is 8. The van der Waals surface area contributed by atoms with E-state index in [4.69, 9.17) is 0 Å². The van der Waals surface area contributed by atoms with Crippen molar-refractivity contribution in [3.63, 3.8) is 0 Å². The standard InChI is InChI=1S/C18H21N3O3/c1-2-10-19-17(22)14-8-9-16(20-12-14)21-15(18(23)24)11-13-6-4-3-5-7-13/h3-9,12,15H,2,10-11H2,1H3,(H,19,22)(H,20,21)(H,23,24)/t15-/m1/s1. The highest BCUT2D eigenvalue weighted by atomic mass is 16.4. The van der Waals surface area contributed by atoms with E-state index >= 15 is 0 Å². The molecule has 3 N–H and O–H groups in total. The molecule has 1 atom stereocenters. The van der Waals surface area contributed by atoms with Crippen LogP contribution in [0, 0.1) is 0 Å². The van der Waals surface area contributed by atoms with E-state index in [2.05, 4.69) is 15.6 Å². The predicted molar refractivity (Wildman–Crippen MR) is 92.1 cm³/mol. The Kier molecular flexibility index (Phi) is 6.31. The average Bonchev–Trinajstić information content (AvgIpc) is 2.60. The monoisotopic (exact) mass is 327 g/mol. The Morgan fingerprint density at radius 3 is 2.50 bits per heavy atom. The second-order valence-corrected chi connectivity index (χ2v) is 5.41. The number of pyridine rings is 1. The summed E-state index contributed by atoms with van der Waals surface area (Å²) in [5, 5.41) is 15.0. The number of benzene rings is 1. The van der Waals surface area contributed by atoms with Gasteiger partial charge in [0.05, 0.1) is 5.56 Å². The molecular weight excluding hydrogens is 306 g/mol. The highest BCUT2D eigenvalue weighted by Gasteiger charge is 2.18. The SMILES string of the molecule is CCCNC(=O)c1ccc(N[C@H](Cc2ccccc2)C(=O)O)nc1. The van der Waals surface area contributed by atoms with Gasteiger partial charge in [-0.1, -0.05) is 37.3 Å². The maximum absolute atomic E-state index is 11.8. The molecule has 1 amide bonds. The lowest BCUT2D eigenvalue weighted by molar-refractivity contribution is -0.137. The van der Waals surface area contributed by atoms with Gasteiger partial charge in [0.2, 0.25) is 0 Å². The Hall–Kier alpha value is -2.89. The van der Waals surface area contributed by atoms with Crippen molar-refractivity contribution in [3.05, 3.63) is 59.8 Å². The van der Waals surface area contributed by atoms with Crippen molar-refractivity contribution in [2.24, 2.45) is 0 Å². The lowest BCUT2D eigenvalue weighted by atomic mass is 10.1. The van der Waals surface area contributed by atoms with Crippen molar-refractivity contribution in [1.29, 1.82) is 0 Å². The van der Waals surface area contributed by atoms with Crippen LogP contribution in [0.1, 0.15) is 29.3 Å². The molecule has 126 valence electrons. The van der Waals surface area contributed by atoms with Gasteiger partial charge in [-0.2, -0.15) is 0 Å². The summed E-state index contributed by atoms with van der Waals surface area (Å²) in [6.45, 7) is 2.58. The van der Waals surface area contributed by atoms with Gasteiger partial charge in [-0.3, -0.25) is 4.79 Å². The molecule has 6 heteroatoms. The predicted octanol–water partition coefficient (Wildman–Crippen LogP) is 2.33. The fourth-order valence-corrected chi connectivity index (χ4v) is 2.18. The van der Waals surface area contributed by atoms with E-state index in [1.807, 2.05) is 37.3 Å². The van der Waals surface area contributed by atoms with Gasteiger partial charge in [0, 0.05) is 19.2 Å². The zero-order chi connectivity index (χ0) is 17.4. The van der Waals surface area contributed by atoms with E-state index in [1.54, 1.807) is 12.1 Å². The minimum absolute atomic E-state index is 0.185. The molecule has 2 aromatic rings. The number of nitrogens with zero attached hydrogens (tertiary/aromatic N) is 1. The van der Waals surface area contributed by atoms with Crippen LogP contribution in [0.25, 0.3) is 0 Å². The van der Waals surface area contributed by atoms with Crippen LogP contribution >= 0.6 is 0 Å². The number of anilines is 1. The Morgan fingerprint density at radius 1 is 1.17 bits per heavy atom. The first-order valence-corrected chi connectivity index (χ1v) is 7.87. The van der Waals surface area contributed by atoms with Gasteiger partial charge in [-0.25, -0.2) is 9.78 Å². The molecule has 0 fully saturated rings. The largest absolute Gasteiger partial charge is 0.480 e. The lowest BCUT2D eigenvalue weighted by Gasteiger charge is -2.15. The number of hydrogen-bond donors (Lipinski definition) is 3. The summed E-state index contributed by atoms with van der Waals surface area (Å²) in [6.07, 6.45) is 2.64. The van der Waals surface area contributed by atoms with Gasteiger partial charge in [0.15, 0.2) is 0 Å². The van der Waals surface area contributed by atoms with Gasteiger partial charge in [-0.15, -0.1) is 0 Å². The molecule has 1 heterocycles. The van der Waals surface area contributed by atoms with Crippen LogP contribution in [0.5, 0.6) is 0 Å². The number of hydrogen-bond acceptors (Lipinski definition) is 4. The normalized spacial score (nSPS) is 11.5. The summed E-state index contributed by atoms with van der Waals surface area (Å²) in [4.78, 5) is 27.4. The molecule has 0 aliphatic heterocycles. The van der Waals surface area contributed by atoms with E-state index < -0.39 is 12.0 Å². The highest BCUT2D eigenvalue weighted by Crippen LogP contribution is 2.11. The second-order valence-electron chi connectivity index (χ2n) is 5.41. The molecule has 2 rings (SSSR count). The number of carboxylic acids is 1. The maximum atomic E-state index is 11.8. The number of aromatic nitrogens is 1. The molecule has 0 aliphatic rings. The number of nitrogens with one attached hydrogen (secondary N) is 2. The molecule has 0 spiro atoms. The minimum Gasteiger partial charge on any atom is -0.480 e. The van der Waals surface area contributed by atoms with Gasteiger partial charge in [-0.05, 0) is 24.1 Å². The van der Waals surface area contributed by atoms with E-state index in [0.29, 0.717) is 24.3 Å². The molecule has 0 radical (unpaired) electrons. The number of amides is 1. The molecule has 0 saturated heterocycles. The van der Waals surface area contributed by atoms with Gasteiger partial charge >= 0.3 is 5.97 Å². The summed E-state index contributed by atoms with van der Waals surface area (Å²) in [6, 6.07) is 11.8. The molecule has 6 nitrogen and oxygen atoms in total. The number of carboxylic acid groups (broad SMARTS) is 1. The Labute approximate surface area is 140 Å². The summed E-state index contributed by atoms with van der Waals surface area (Å²) in [5.41, 5.74) is 1.37. The van der Waals surface area contributed by atoms with Crippen LogP contribution in [0.2, 0.25) is 0 Å². The first-order chi connectivity index (χ1) is 11.6. The van der Waals surface area contributed by atoms with Gasteiger partial charge in [0.1, 0.15) is 11.9 Å². The van der Waals surface area contributed by atoms with Crippen molar-refractivity contribution < 1.29 is 14.7 Å². The van der Waals surface area contributed by atoms with E-state index in [-0.39, 0.29) is 5.91 Å².